The second-order valence-corrected chi connectivity index (χ2v) is 21.5. The highest BCUT2D eigenvalue weighted by molar-refractivity contribution is 6.03. The Labute approximate surface area is 433 Å². The Hall–Kier alpha value is -6.93. The summed E-state index contributed by atoms with van der Waals surface area (Å²) in [5.41, 5.74) is 7.97. The monoisotopic (exact) mass is 1000 g/mol. The van der Waals surface area contributed by atoms with Crippen molar-refractivity contribution in [3.05, 3.63) is 128 Å². The number of fused-ring (bicyclic) bond motifs is 5. The van der Waals surface area contributed by atoms with E-state index in [1.807, 2.05) is 49.4 Å². The maximum absolute atomic E-state index is 14.3. The lowest BCUT2D eigenvalue weighted by Crippen LogP contribution is -2.45. The van der Waals surface area contributed by atoms with Gasteiger partial charge in [0, 0.05) is 103 Å². The van der Waals surface area contributed by atoms with Crippen LogP contribution < -0.4 is 34.8 Å². The number of carbonyl (C=O) groups is 4. The van der Waals surface area contributed by atoms with E-state index >= 15 is 0 Å². The number of hydrogen-bond acceptors (Lipinski definition) is 9. The average molecular weight is 1010 g/mol. The van der Waals surface area contributed by atoms with E-state index in [1.54, 1.807) is 43.9 Å². The predicted molar refractivity (Wildman–Crippen MR) is 285 cm³/mol. The summed E-state index contributed by atoms with van der Waals surface area (Å²) in [5.74, 6) is 0.527. The standard InChI is InChI=1S/C60H69N5O9/c1-5-62(51(67)25-31-65(59(71)74-60(2,3)4)36-42(66)37-72-50-22-12-18-38-15-6-7-19-43(38)50)32-26-61-57(68)41-23-24-44(58(69)70)47(35-41)52-48-33-39-16-8-10-27-63-29-13-20-45(53(39)63)55(48)73-56-46-21-14-30-64-28-11-9-17-40(54(46)64)34-49(52)56/h6-7,12,15,18-19,22-24,33-35,42,66H,5,8-11,13-14,16-17,20-21,25-32,36-37H2,1-4H3,(H-,61,68,69,70)/p+1/t42-/m0/s1. The van der Waals surface area contributed by atoms with Crippen molar-refractivity contribution < 1.29 is 43.6 Å². The molecule has 0 spiro atoms. The number of likely N-dealkylation sites (N-methyl/N-ethyl adjacent to an activating group) is 1. The molecule has 0 aliphatic carbocycles. The number of carbonyl (C=O) groups excluding carboxylic acids is 3. The predicted octanol–water partition coefficient (Wildman–Crippen LogP) is 7.40. The number of amides is 3. The van der Waals surface area contributed by atoms with Crippen LogP contribution in [0.25, 0.3) is 16.3 Å². The summed E-state index contributed by atoms with van der Waals surface area (Å²) in [6.07, 6.45) is 8.18. The van der Waals surface area contributed by atoms with Crippen LogP contribution in [0.5, 0.6) is 17.2 Å². The number of nitrogens with one attached hydrogen (secondary N) is 1. The molecule has 74 heavy (non-hydrogen) atoms. The SMILES string of the molecule is CCN(CCNC(=O)c1ccc(C(=O)O)c(C2=c3cc4c5c(c3Oc3c2cc2c6c3CCCN6CCCC2)CCC[N+]=5CCCC4)c1)C(=O)CCN(C[C@H](O)COc1cccc2ccccc12)C(=O)OC(C)(C)C. The highest BCUT2D eigenvalue weighted by atomic mass is 16.6. The number of aryl methyl sites for hydroxylation is 2. The van der Waals surface area contributed by atoms with Crippen molar-refractivity contribution in [2.75, 3.05) is 70.4 Å². The quantitative estimate of drug-likeness (QED) is 0.0885. The third-order valence-electron chi connectivity index (χ3n) is 15.2. The topological polar surface area (TPSA) is 161 Å². The molecule has 14 heteroatoms. The van der Waals surface area contributed by atoms with E-state index in [-0.39, 0.29) is 50.7 Å². The highest BCUT2D eigenvalue weighted by Crippen LogP contribution is 2.48. The molecule has 0 aromatic heterocycles. The first-order valence-electron chi connectivity index (χ1n) is 26.9. The molecule has 5 heterocycles. The molecule has 5 aliphatic rings. The number of carboxylic acids is 1. The minimum absolute atomic E-state index is 0.0120. The number of hydrogen-bond donors (Lipinski definition) is 3. The van der Waals surface area contributed by atoms with Gasteiger partial charge >= 0.3 is 12.1 Å². The smallest absolute Gasteiger partial charge is 0.410 e. The first kappa shape index (κ1) is 50.6. The maximum Gasteiger partial charge on any atom is 0.410 e. The van der Waals surface area contributed by atoms with Gasteiger partial charge in [-0.05, 0) is 132 Å². The summed E-state index contributed by atoms with van der Waals surface area (Å²) in [6.45, 7) is 11.6. The van der Waals surface area contributed by atoms with Gasteiger partial charge in [-0.25, -0.2) is 14.2 Å². The molecule has 0 saturated heterocycles. The number of aliphatic hydroxyl groups is 1. The van der Waals surface area contributed by atoms with E-state index in [2.05, 4.69) is 26.9 Å². The Morgan fingerprint density at radius 2 is 1.58 bits per heavy atom. The fourth-order valence-corrected chi connectivity index (χ4v) is 11.9. The van der Waals surface area contributed by atoms with Crippen molar-refractivity contribution >= 4 is 45.9 Å². The van der Waals surface area contributed by atoms with E-state index in [0.717, 1.165) is 129 Å². The molecule has 14 nitrogen and oxygen atoms in total. The first-order chi connectivity index (χ1) is 35.8. The molecular weight excluding hydrogens is 935 g/mol. The van der Waals surface area contributed by atoms with Gasteiger partial charge in [-0.2, -0.15) is 0 Å². The molecule has 1 atom stereocenters. The van der Waals surface area contributed by atoms with Crippen molar-refractivity contribution in [2.45, 2.75) is 110 Å². The molecular formula is C60H70N5O9+. The van der Waals surface area contributed by atoms with Gasteiger partial charge in [0.05, 0.1) is 17.7 Å². The van der Waals surface area contributed by atoms with Gasteiger partial charge in [0.2, 0.25) is 11.3 Å². The van der Waals surface area contributed by atoms with Crippen LogP contribution in [-0.4, -0.2) is 121 Å². The van der Waals surface area contributed by atoms with Crippen LogP contribution >= 0.6 is 0 Å². The van der Waals surface area contributed by atoms with Crippen LogP contribution in [0.3, 0.4) is 0 Å². The zero-order valence-corrected chi connectivity index (χ0v) is 43.4. The molecule has 0 fully saturated rings. The second kappa shape index (κ2) is 21.5. The maximum atomic E-state index is 14.3. The number of carboxylic acid groups (broad SMARTS) is 1. The lowest BCUT2D eigenvalue weighted by Gasteiger charge is -2.35. The summed E-state index contributed by atoms with van der Waals surface area (Å²) in [7, 11) is 0. The van der Waals surface area contributed by atoms with Crippen molar-refractivity contribution in [1.29, 1.82) is 0 Å². The molecule has 388 valence electrons. The average Bonchev–Trinajstić information content (AvgIpc) is 3.74. The molecule has 0 unspecified atom stereocenters. The van der Waals surface area contributed by atoms with Crippen LogP contribution in [0.15, 0.2) is 72.8 Å². The number of ether oxygens (including phenoxy) is 3. The zero-order chi connectivity index (χ0) is 51.7. The number of aromatic carboxylic acids is 1. The Bertz CT molecular complexity index is 3150. The molecule has 3 N–H and O–H groups in total. The van der Waals surface area contributed by atoms with Gasteiger partial charge in [-0.1, -0.05) is 36.4 Å². The van der Waals surface area contributed by atoms with E-state index < -0.39 is 29.7 Å². The van der Waals surface area contributed by atoms with Gasteiger partial charge in [0.1, 0.15) is 48.6 Å². The van der Waals surface area contributed by atoms with E-state index in [4.69, 9.17) is 14.2 Å². The molecule has 5 aliphatic heterocycles. The second-order valence-electron chi connectivity index (χ2n) is 21.5. The normalized spacial score (nSPS) is 16.0. The van der Waals surface area contributed by atoms with Crippen molar-refractivity contribution in [3.8, 4) is 17.2 Å². The van der Waals surface area contributed by atoms with E-state index in [1.165, 1.54) is 38.2 Å². The Morgan fingerprint density at radius 1 is 0.811 bits per heavy atom. The summed E-state index contributed by atoms with van der Waals surface area (Å²) >= 11 is 0. The lowest BCUT2D eigenvalue weighted by atomic mass is 9.82. The fourth-order valence-electron chi connectivity index (χ4n) is 11.9. The van der Waals surface area contributed by atoms with Gasteiger partial charge in [0.15, 0.2) is 0 Å². The minimum atomic E-state index is -1.08. The molecule has 0 radical (unpaired) electrons. The summed E-state index contributed by atoms with van der Waals surface area (Å²) in [5, 5.41) is 29.1. The van der Waals surface area contributed by atoms with Gasteiger partial charge < -0.3 is 44.4 Å². The third-order valence-corrected chi connectivity index (χ3v) is 15.2. The van der Waals surface area contributed by atoms with Crippen molar-refractivity contribution in [1.82, 2.24) is 19.7 Å². The number of nitrogens with zero attached hydrogens (tertiary/aromatic N) is 4. The van der Waals surface area contributed by atoms with Gasteiger partial charge in [-0.3, -0.25) is 9.59 Å². The molecule has 5 aromatic rings. The summed E-state index contributed by atoms with van der Waals surface area (Å²) in [6, 6.07) is 22.8. The Balaban J connectivity index is 0.894. The van der Waals surface area contributed by atoms with Crippen LogP contribution in [0.4, 0.5) is 10.5 Å². The highest BCUT2D eigenvalue weighted by Gasteiger charge is 2.36. The van der Waals surface area contributed by atoms with Crippen LogP contribution in [0, 0.1) is 0 Å². The number of anilines is 1. The number of benzene rings is 5. The van der Waals surface area contributed by atoms with Crippen LogP contribution in [0.1, 0.15) is 127 Å². The van der Waals surface area contributed by atoms with Crippen LogP contribution in [-0.2, 0) is 35.2 Å². The van der Waals surface area contributed by atoms with Crippen molar-refractivity contribution in [2.24, 2.45) is 0 Å². The molecule has 10 rings (SSSR count). The largest absolute Gasteiger partial charge is 0.490 e. The summed E-state index contributed by atoms with van der Waals surface area (Å²) < 4.78 is 21.5. The fraction of sp³-hybridized carbons (Fsp3) is 0.450. The zero-order valence-electron chi connectivity index (χ0n) is 43.4. The van der Waals surface area contributed by atoms with Crippen molar-refractivity contribution in [3.63, 3.8) is 0 Å². The third kappa shape index (κ3) is 10.4. The number of aliphatic hydroxyl groups excluding tert-OH is 1. The lowest BCUT2D eigenvalue weighted by molar-refractivity contribution is -0.131. The van der Waals surface area contributed by atoms with E-state index in [0.29, 0.717) is 23.4 Å². The Kier molecular flexibility index (Phi) is 14.7. The minimum Gasteiger partial charge on any atom is -0.490 e. The molecule has 0 saturated carbocycles. The van der Waals surface area contributed by atoms with Crippen LogP contribution in [0.2, 0.25) is 0 Å². The molecule has 5 aromatic carbocycles. The molecule has 3 amide bonds. The number of rotatable bonds is 15. The Morgan fingerprint density at radius 3 is 2.41 bits per heavy atom. The molecule has 0 bridgehead atoms. The summed E-state index contributed by atoms with van der Waals surface area (Å²) in [4.78, 5) is 60.3. The van der Waals surface area contributed by atoms with Gasteiger partial charge in [0.25, 0.3) is 5.91 Å². The van der Waals surface area contributed by atoms with E-state index in [9.17, 15) is 29.4 Å². The van der Waals surface area contributed by atoms with Gasteiger partial charge in [-0.15, -0.1) is 0 Å². The first-order valence-corrected chi connectivity index (χ1v) is 26.9.